The van der Waals surface area contributed by atoms with E-state index in [9.17, 15) is 4.79 Å². The maximum Gasteiger partial charge on any atom is 0.238 e. The minimum Gasteiger partial charge on any atom is -0.310 e. The van der Waals surface area contributed by atoms with Crippen molar-refractivity contribution >= 4 is 34.8 Å². The molecule has 0 bridgehead atoms. The summed E-state index contributed by atoms with van der Waals surface area (Å²) in [7, 11) is 0. The van der Waals surface area contributed by atoms with Crippen LogP contribution in [-0.4, -0.2) is 36.1 Å². The highest BCUT2D eigenvalue weighted by Crippen LogP contribution is 2.22. The molecule has 0 aliphatic heterocycles. The average Bonchev–Trinajstić information content (AvgIpc) is 3.30. The van der Waals surface area contributed by atoms with Gasteiger partial charge in [-0.25, -0.2) is 9.67 Å². The van der Waals surface area contributed by atoms with Gasteiger partial charge in [-0.2, -0.15) is 5.10 Å². The molecule has 0 aliphatic carbocycles. The van der Waals surface area contributed by atoms with Crippen LogP contribution in [0.3, 0.4) is 0 Å². The number of hydrogen-bond donors (Lipinski definition) is 2. The van der Waals surface area contributed by atoms with Crippen molar-refractivity contribution in [1.82, 2.24) is 25.0 Å². The third-order valence-electron chi connectivity index (χ3n) is 3.50. The molecule has 3 aromatic heterocycles. The lowest BCUT2D eigenvalue weighted by atomic mass is 10.3. The van der Waals surface area contributed by atoms with E-state index >= 15 is 0 Å². The molecule has 132 valence electrons. The number of nitrogens with one attached hydrogen (secondary N) is 2. The summed E-state index contributed by atoms with van der Waals surface area (Å²) in [5, 5.41) is 16.6. The summed E-state index contributed by atoms with van der Waals surface area (Å²) in [6.45, 7) is 5.87. The number of nitrogens with zero attached hydrogens (tertiary/aromatic N) is 4. The lowest BCUT2D eigenvalue weighted by Gasteiger charge is -2.14. The first-order valence-electron chi connectivity index (χ1n) is 7.97. The van der Waals surface area contributed by atoms with E-state index in [0.29, 0.717) is 11.0 Å². The molecule has 1 amide bonds. The van der Waals surface area contributed by atoms with Gasteiger partial charge in [0, 0.05) is 23.4 Å². The average molecular weight is 377 g/mol. The Morgan fingerprint density at radius 2 is 2.24 bits per heavy atom. The standard InChI is InChI=1S/C16H20N6OS2/c1-10(2)22-14(6-7-17-22)19-15(23)11(3)25-16-18-13(20-21-16)9-12-5-4-8-24-12/h4-8,10-11H,9H2,1-3H3,(H,19,23)(H,18,20,21). The minimum absolute atomic E-state index is 0.1000. The summed E-state index contributed by atoms with van der Waals surface area (Å²) in [5.41, 5.74) is 0. The smallest absolute Gasteiger partial charge is 0.238 e. The summed E-state index contributed by atoms with van der Waals surface area (Å²) in [6.07, 6.45) is 2.40. The molecule has 0 fully saturated rings. The lowest BCUT2D eigenvalue weighted by Crippen LogP contribution is -2.24. The number of thiophene rings is 1. The van der Waals surface area contributed by atoms with Crippen molar-refractivity contribution in [1.29, 1.82) is 0 Å². The predicted octanol–water partition coefficient (Wildman–Crippen LogP) is 3.35. The Morgan fingerprint density at radius 1 is 1.40 bits per heavy atom. The van der Waals surface area contributed by atoms with Crippen molar-refractivity contribution in [2.45, 2.75) is 43.6 Å². The summed E-state index contributed by atoms with van der Waals surface area (Å²) in [6, 6.07) is 6.05. The first kappa shape index (κ1) is 17.7. The van der Waals surface area contributed by atoms with Gasteiger partial charge in [-0.1, -0.05) is 17.8 Å². The van der Waals surface area contributed by atoms with Gasteiger partial charge in [-0.05, 0) is 32.2 Å². The van der Waals surface area contributed by atoms with E-state index in [0.717, 1.165) is 12.2 Å². The van der Waals surface area contributed by atoms with Crippen LogP contribution in [0.1, 0.15) is 37.5 Å². The second-order valence-corrected chi connectivity index (χ2v) is 8.17. The number of rotatable bonds is 7. The third-order valence-corrected chi connectivity index (χ3v) is 5.33. The Hall–Kier alpha value is -2.13. The van der Waals surface area contributed by atoms with Crippen LogP contribution in [0.5, 0.6) is 0 Å². The second-order valence-electron chi connectivity index (χ2n) is 5.82. The highest BCUT2D eigenvalue weighted by Gasteiger charge is 2.19. The fourth-order valence-corrected chi connectivity index (χ4v) is 3.70. The van der Waals surface area contributed by atoms with E-state index in [4.69, 9.17) is 0 Å². The summed E-state index contributed by atoms with van der Waals surface area (Å²) < 4.78 is 1.78. The molecule has 3 aromatic rings. The third kappa shape index (κ3) is 4.49. The van der Waals surface area contributed by atoms with Crippen LogP contribution >= 0.6 is 23.1 Å². The molecular formula is C16H20N6OS2. The normalized spacial score (nSPS) is 12.5. The quantitative estimate of drug-likeness (QED) is 0.617. The molecule has 0 saturated carbocycles. The largest absolute Gasteiger partial charge is 0.310 e. The van der Waals surface area contributed by atoms with Gasteiger partial charge < -0.3 is 5.32 Å². The van der Waals surface area contributed by atoms with Crippen molar-refractivity contribution in [2.75, 3.05) is 5.32 Å². The monoisotopic (exact) mass is 376 g/mol. The van der Waals surface area contributed by atoms with Crippen LogP contribution in [0.25, 0.3) is 0 Å². The predicted molar refractivity (Wildman–Crippen MR) is 100 cm³/mol. The molecule has 2 N–H and O–H groups in total. The molecule has 0 aromatic carbocycles. The molecule has 25 heavy (non-hydrogen) atoms. The number of hydrogen-bond acceptors (Lipinski definition) is 6. The summed E-state index contributed by atoms with van der Waals surface area (Å²) in [4.78, 5) is 18.1. The van der Waals surface area contributed by atoms with E-state index in [-0.39, 0.29) is 17.2 Å². The number of amides is 1. The Labute approximate surface area is 154 Å². The Morgan fingerprint density at radius 3 is 2.96 bits per heavy atom. The van der Waals surface area contributed by atoms with Crippen molar-refractivity contribution in [3.05, 3.63) is 40.5 Å². The SMILES string of the molecule is CC(Sc1n[nH]c(Cc2cccs2)n1)C(=O)Nc1ccnn1C(C)C. The fraction of sp³-hybridized carbons (Fsp3) is 0.375. The highest BCUT2D eigenvalue weighted by atomic mass is 32.2. The molecule has 0 saturated heterocycles. The zero-order valence-electron chi connectivity index (χ0n) is 14.3. The number of aromatic amines is 1. The van der Waals surface area contributed by atoms with Crippen LogP contribution in [0.4, 0.5) is 5.82 Å². The van der Waals surface area contributed by atoms with Gasteiger partial charge in [0.15, 0.2) is 0 Å². The van der Waals surface area contributed by atoms with Crippen molar-refractivity contribution < 1.29 is 4.79 Å². The fourth-order valence-electron chi connectivity index (χ4n) is 2.25. The zero-order chi connectivity index (χ0) is 17.8. The molecule has 9 heteroatoms. The van der Waals surface area contributed by atoms with Gasteiger partial charge in [0.1, 0.15) is 11.6 Å². The van der Waals surface area contributed by atoms with E-state index in [1.54, 1.807) is 28.3 Å². The van der Waals surface area contributed by atoms with Gasteiger partial charge in [0.25, 0.3) is 0 Å². The molecular weight excluding hydrogens is 356 g/mol. The molecule has 0 spiro atoms. The Balaban J connectivity index is 1.58. The van der Waals surface area contributed by atoms with Crippen LogP contribution in [0.2, 0.25) is 0 Å². The van der Waals surface area contributed by atoms with Gasteiger partial charge in [0.2, 0.25) is 11.1 Å². The molecule has 7 nitrogen and oxygen atoms in total. The maximum absolute atomic E-state index is 12.4. The lowest BCUT2D eigenvalue weighted by molar-refractivity contribution is -0.115. The Kier molecular flexibility index (Phi) is 5.54. The van der Waals surface area contributed by atoms with Gasteiger partial charge in [-0.3, -0.25) is 9.89 Å². The van der Waals surface area contributed by atoms with Crippen molar-refractivity contribution in [2.24, 2.45) is 0 Å². The summed E-state index contributed by atoms with van der Waals surface area (Å²) in [5.74, 6) is 1.40. The van der Waals surface area contributed by atoms with Gasteiger partial charge >= 0.3 is 0 Å². The zero-order valence-corrected chi connectivity index (χ0v) is 15.9. The first-order valence-corrected chi connectivity index (χ1v) is 9.73. The molecule has 1 unspecified atom stereocenters. The Bertz CT molecular complexity index is 823. The van der Waals surface area contributed by atoms with Crippen molar-refractivity contribution in [3.63, 3.8) is 0 Å². The van der Waals surface area contributed by atoms with E-state index < -0.39 is 0 Å². The van der Waals surface area contributed by atoms with Crippen LogP contribution in [0, 0.1) is 0 Å². The number of anilines is 1. The maximum atomic E-state index is 12.4. The van der Waals surface area contributed by atoms with Gasteiger partial charge in [0.05, 0.1) is 11.4 Å². The molecule has 1 atom stereocenters. The first-order chi connectivity index (χ1) is 12.0. The van der Waals surface area contributed by atoms with Crippen molar-refractivity contribution in [3.8, 4) is 0 Å². The topological polar surface area (TPSA) is 88.5 Å². The number of carbonyl (C=O) groups is 1. The number of thioether (sulfide) groups is 1. The van der Waals surface area contributed by atoms with Crippen LogP contribution in [0.15, 0.2) is 34.9 Å². The van der Waals surface area contributed by atoms with Crippen LogP contribution < -0.4 is 5.32 Å². The van der Waals surface area contributed by atoms with E-state index in [2.05, 4.69) is 31.7 Å². The second kappa shape index (κ2) is 7.83. The number of H-pyrrole nitrogens is 1. The van der Waals surface area contributed by atoms with Gasteiger partial charge in [-0.15, -0.1) is 16.4 Å². The minimum atomic E-state index is -0.319. The molecule has 0 aliphatic rings. The highest BCUT2D eigenvalue weighted by molar-refractivity contribution is 8.00. The van der Waals surface area contributed by atoms with E-state index in [1.165, 1.54) is 16.6 Å². The molecule has 3 rings (SSSR count). The number of carbonyl (C=O) groups excluding carboxylic acids is 1. The summed E-state index contributed by atoms with van der Waals surface area (Å²) >= 11 is 3.01. The molecule has 3 heterocycles. The van der Waals surface area contributed by atoms with E-state index in [1.807, 2.05) is 32.2 Å². The number of aromatic nitrogens is 5. The molecule has 0 radical (unpaired) electrons. The van der Waals surface area contributed by atoms with Crippen LogP contribution in [-0.2, 0) is 11.2 Å².